The molecule has 0 spiro atoms. The Morgan fingerprint density at radius 3 is 2.06 bits per heavy atom. The van der Waals surface area contributed by atoms with Crippen LogP contribution in [0.5, 0.6) is 0 Å². The normalized spacial score (nSPS) is 19.9. The van der Waals surface area contributed by atoms with Crippen molar-refractivity contribution in [2.75, 3.05) is 4.90 Å². The fourth-order valence-corrected chi connectivity index (χ4v) is 5.09. The number of carbonyl (C=O) groups is 1. The van der Waals surface area contributed by atoms with Gasteiger partial charge >= 0.3 is 0 Å². The number of hydrogen-bond acceptors (Lipinski definition) is 2. The number of hydrogen-bond donors (Lipinski definition) is 0. The van der Waals surface area contributed by atoms with Crippen molar-refractivity contribution in [2.24, 2.45) is 5.92 Å². The highest BCUT2D eigenvalue weighted by Gasteiger charge is 2.44. The van der Waals surface area contributed by atoms with Crippen LogP contribution in [0.15, 0.2) is 78.9 Å². The van der Waals surface area contributed by atoms with Crippen molar-refractivity contribution < 1.29 is 4.79 Å². The summed E-state index contributed by atoms with van der Waals surface area (Å²) in [7, 11) is 0. The summed E-state index contributed by atoms with van der Waals surface area (Å²) in [5.41, 5.74) is 2.94. The summed E-state index contributed by atoms with van der Waals surface area (Å²) in [6, 6.07) is 25.1. The molecule has 1 amide bonds. The Kier molecular flexibility index (Phi) is 6.85. The van der Waals surface area contributed by atoms with E-state index in [1.54, 1.807) is 17.0 Å². The topological polar surface area (TPSA) is 23.6 Å². The maximum Gasteiger partial charge on any atom is 0.238 e. The van der Waals surface area contributed by atoms with Crippen molar-refractivity contribution in [1.29, 1.82) is 0 Å². The summed E-state index contributed by atoms with van der Waals surface area (Å²) < 4.78 is 0. The van der Waals surface area contributed by atoms with Crippen molar-refractivity contribution in [3.63, 3.8) is 0 Å². The molecule has 32 heavy (non-hydrogen) atoms. The maximum atomic E-state index is 13.8. The van der Waals surface area contributed by atoms with Crippen LogP contribution in [0.2, 0.25) is 10.0 Å². The van der Waals surface area contributed by atoms with Gasteiger partial charge in [-0.15, -0.1) is 0 Å². The van der Waals surface area contributed by atoms with Gasteiger partial charge in [-0.2, -0.15) is 0 Å². The lowest BCUT2D eigenvalue weighted by Gasteiger charge is -2.48. The lowest BCUT2D eigenvalue weighted by molar-refractivity contribution is -0.124. The average Bonchev–Trinajstić information content (AvgIpc) is 2.80. The molecule has 1 aliphatic heterocycles. The lowest BCUT2D eigenvalue weighted by Crippen LogP contribution is -2.62. The van der Waals surface area contributed by atoms with Gasteiger partial charge in [0.1, 0.15) is 0 Å². The second-order valence-corrected chi connectivity index (χ2v) is 9.34. The van der Waals surface area contributed by atoms with E-state index in [2.05, 4.69) is 30.9 Å². The quantitative estimate of drug-likeness (QED) is 0.368. The molecule has 1 fully saturated rings. The summed E-state index contributed by atoms with van der Waals surface area (Å²) in [6.07, 6.45) is 0.599. The SMILES string of the molecule is C[C@@H]1[C@H](Cc2ccc(Cl)cc2)C(=O)N(c2ccc(Cl)cc2)C(=S)N1[C@@H](C)c1ccccc1. The van der Waals surface area contributed by atoms with Gasteiger partial charge in [-0.05, 0) is 80.0 Å². The van der Waals surface area contributed by atoms with E-state index in [1.807, 2.05) is 54.6 Å². The van der Waals surface area contributed by atoms with Gasteiger partial charge in [-0.25, -0.2) is 0 Å². The molecule has 4 rings (SSSR count). The van der Waals surface area contributed by atoms with Crippen LogP contribution in [-0.2, 0) is 11.2 Å². The Balaban J connectivity index is 1.75. The summed E-state index contributed by atoms with van der Waals surface area (Å²) in [6.45, 7) is 4.22. The largest absolute Gasteiger partial charge is 0.338 e. The standard InChI is InChI=1S/C26H24Cl2N2OS/c1-17(20-6-4-3-5-7-20)29-18(2)24(16-19-8-10-21(27)11-9-19)25(31)30(26(29)32)23-14-12-22(28)13-15-23/h3-15,17-18,24H,16H2,1-2H3/t17-,18+,24-/m0/s1. The predicted molar refractivity (Wildman–Crippen MR) is 136 cm³/mol. The minimum atomic E-state index is -0.273. The third-order valence-electron chi connectivity index (χ3n) is 6.12. The van der Waals surface area contributed by atoms with Crippen LogP contribution >= 0.6 is 35.4 Å². The first-order chi connectivity index (χ1) is 15.4. The fraction of sp³-hybridized carbons (Fsp3) is 0.231. The number of thiocarbonyl (C=S) groups is 1. The zero-order valence-electron chi connectivity index (χ0n) is 17.9. The Morgan fingerprint density at radius 1 is 0.906 bits per heavy atom. The van der Waals surface area contributed by atoms with Crippen LogP contribution in [0.1, 0.15) is 31.0 Å². The molecule has 0 N–H and O–H groups in total. The van der Waals surface area contributed by atoms with Gasteiger partial charge in [-0.3, -0.25) is 9.69 Å². The highest BCUT2D eigenvalue weighted by atomic mass is 35.5. The van der Waals surface area contributed by atoms with Crippen LogP contribution in [0.3, 0.4) is 0 Å². The van der Waals surface area contributed by atoms with E-state index >= 15 is 0 Å². The number of rotatable bonds is 5. The lowest BCUT2D eigenvalue weighted by atomic mass is 9.87. The van der Waals surface area contributed by atoms with Crippen LogP contribution in [0, 0.1) is 5.92 Å². The van der Waals surface area contributed by atoms with Crippen LogP contribution in [0.4, 0.5) is 5.69 Å². The molecule has 0 radical (unpaired) electrons. The van der Waals surface area contributed by atoms with Crippen LogP contribution in [-0.4, -0.2) is 22.0 Å². The number of amides is 1. The van der Waals surface area contributed by atoms with Gasteiger partial charge in [-0.1, -0.05) is 65.7 Å². The number of benzene rings is 3. The molecule has 3 atom stereocenters. The van der Waals surface area contributed by atoms with Crippen molar-refractivity contribution in [3.8, 4) is 0 Å². The zero-order valence-corrected chi connectivity index (χ0v) is 20.2. The van der Waals surface area contributed by atoms with E-state index in [4.69, 9.17) is 35.4 Å². The minimum absolute atomic E-state index is 0.00344. The van der Waals surface area contributed by atoms with Gasteiger partial charge in [0.25, 0.3) is 0 Å². The average molecular weight is 483 g/mol. The molecule has 0 aliphatic carbocycles. The molecule has 3 aromatic carbocycles. The van der Waals surface area contributed by atoms with Crippen molar-refractivity contribution in [3.05, 3.63) is 100 Å². The Morgan fingerprint density at radius 2 is 1.47 bits per heavy atom. The van der Waals surface area contributed by atoms with Crippen molar-refractivity contribution >= 4 is 52.1 Å². The first-order valence-corrected chi connectivity index (χ1v) is 11.7. The van der Waals surface area contributed by atoms with E-state index in [0.717, 1.165) is 16.8 Å². The van der Waals surface area contributed by atoms with E-state index in [-0.39, 0.29) is 23.9 Å². The number of nitrogens with zero attached hydrogens (tertiary/aromatic N) is 2. The van der Waals surface area contributed by atoms with Gasteiger partial charge < -0.3 is 4.90 Å². The molecule has 0 aromatic heterocycles. The summed E-state index contributed by atoms with van der Waals surface area (Å²) in [5, 5.41) is 1.80. The van der Waals surface area contributed by atoms with E-state index in [9.17, 15) is 4.79 Å². The molecule has 0 saturated carbocycles. The molecule has 1 saturated heterocycles. The molecular formula is C26H24Cl2N2OS. The number of anilines is 1. The minimum Gasteiger partial charge on any atom is -0.338 e. The van der Waals surface area contributed by atoms with Gasteiger partial charge in [0.15, 0.2) is 5.11 Å². The molecule has 3 nitrogen and oxygen atoms in total. The Labute approximate surface area is 204 Å². The van der Waals surface area contributed by atoms with Crippen LogP contribution < -0.4 is 4.90 Å². The third-order valence-corrected chi connectivity index (χ3v) is 7.02. The molecule has 1 heterocycles. The van der Waals surface area contributed by atoms with E-state index < -0.39 is 0 Å². The van der Waals surface area contributed by atoms with Gasteiger partial charge in [0.2, 0.25) is 5.91 Å². The van der Waals surface area contributed by atoms with Crippen LogP contribution in [0.25, 0.3) is 0 Å². The van der Waals surface area contributed by atoms with Crippen molar-refractivity contribution in [1.82, 2.24) is 4.90 Å². The smallest absolute Gasteiger partial charge is 0.238 e. The second-order valence-electron chi connectivity index (χ2n) is 8.10. The zero-order chi connectivity index (χ0) is 22.8. The van der Waals surface area contributed by atoms with Crippen molar-refractivity contribution in [2.45, 2.75) is 32.4 Å². The first kappa shape index (κ1) is 22.8. The Hall–Kier alpha value is -2.40. The summed E-state index contributed by atoms with van der Waals surface area (Å²) >= 11 is 18.1. The summed E-state index contributed by atoms with van der Waals surface area (Å²) in [4.78, 5) is 17.6. The summed E-state index contributed by atoms with van der Waals surface area (Å²) in [5.74, 6) is -0.277. The van der Waals surface area contributed by atoms with E-state index in [0.29, 0.717) is 21.6 Å². The third kappa shape index (κ3) is 4.54. The monoisotopic (exact) mass is 482 g/mol. The fourth-order valence-electron chi connectivity index (χ4n) is 4.32. The second kappa shape index (κ2) is 9.62. The molecular weight excluding hydrogens is 459 g/mol. The molecule has 6 heteroatoms. The first-order valence-electron chi connectivity index (χ1n) is 10.6. The molecule has 3 aromatic rings. The number of halogens is 2. The maximum absolute atomic E-state index is 13.8. The molecule has 164 valence electrons. The molecule has 0 unspecified atom stereocenters. The number of carbonyl (C=O) groups excluding carboxylic acids is 1. The highest BCUT2D eigenvalue weighted by molar-refractivity contribution is 7.80. The predicted octanol–water partition coefficient (Wildman–Crippen LogP) is 6.94. The Bertz CT molecular complexity index is 1100. The molecule has 1 aliphatic rings. The van der Waals surface area contributed by atoms with Gasteiger partial charge in [0.05, 0.1) is 17.6 Å². The van der Waals surface area contributed by atoms with E-state index in [1.165, 1.54) is 0 Å². The molecule has 0 bridgehead atoms. The van der Waals surface area contributed by atoms with Gasteiger partial charge in [0, 0.05) is 16.1 Å². The highest BCUT2D eigenvalue weighted by Crippen LogP contribution is 2.36.